The lowest BCUT2D eigenvalue weighted by Gasteiger charge is -2.14. The van der Waals surface area contributed by atoms with E-state index in [0.29, 0.717) is 6.61 Å². The predicted octanol–water partition coefficient (Wildman–Crippen LogP) is 3.08. The van der Waals surface area contributed by atoms with Crippen molar-refractivity contribution in [3.05, 3.63) is 28.7 Å². The second-order valence-electron chi connectivity index (χ2n) is 3.68. The number of rotatable bonds is 7. The maximum atomic E-state index is 11.6. The van der Waals surface area contributed by atoms with Crippen LogP contribution >= 0.6 is 27.7 Å². The minimum atomic E-state index is -0.215. The van der Waals surface area contributed by atoms with Crippen molar-refractivity contribution < 1.29 is 9.53 Å². The largest absolute Gasteiger partial charge is 0.465 e. The van der Waals surface area contributed by atoms with Crippen LogP contribution < -0.4 is 5.32 Å². The molecule has 0 aromatic heterocycles. The summed E-state index contributed by atoms with van der Waals surface area (Å²) in [4.78, 5) is 12.8. The molecule has 1 unspecified atom stereocenters. The molecule has 0 aliphatic carbocycles. The van der Waals surface area contributed by atoms with Gasteiger partial charge in [-0.25, -0.2) is 0 Å². The topological polar surface area (TPSA) is 38.3 Å². The molecule has 100 valence electrons. The molecule has 0 radical (unpaired) electrons. The van der Waals surface area contributed by atoms with Gasteiger partial charge in [0.1, 0.15) is 6.04 Å². The molecule has 0 aliphatic heterocycles. The molecule has 1 N–H and O–H groups in total. The molecular weight excluding hydrogens is 314 g/mol. The first-order valence-corrected chi connectivity index (χ1v) is 7.67. The Balaban J connectivity index is 2.35. The van der Waals surface area contributed by atoms with Crippen LogP contribution in [0.2, 0.25) is 0 Å². The van der Waals surface area contributed by atoms with Crippen molar-refractivity contribution in [2.45, 2.75) is 24.3 Å². The molecule has 0 bridgehead atoms. The van der Waals surface area contributed by atoms with E-state index >= 15 is 0 Å². The van der Waals surface area contributed by atoms with Crippen molar-refractivity contribution in [3.63, 3.8) is 0 Å². The average Bonchev–Trinajstić information content (AvgIpc) is 2.37. The Bertz CT molecular complexity index is 370. The zero-order valence-electron chi connectivity index (χ0n) is 10.6. The minimum absolute atomic E-state index is 0.170. The number of likely N-dealkylation sites (N-methyl/N-ethyl adjacent to an activating group) is 1. The Morgan fingerprint density at radius 2 is 2.11 bits per heavy atom. The molecule has 0 amide bonds. The fraction of sp³-hybridized carbons (Fsp3) is 0.462. The maximum absolute atomic E-state index is 11.6. The molecule has 1 rings (SSSR count). The summed E-state index contributed by atoms with van der Waals surface area (Å²) < 4.78 is 6.07. The Morgan fingerprint density at radius 1 is 1.44 bits per heavy atom. The van der Waals surface area contributed by atoms with Gasteiger partial charge in [-0.15, -0.1) is 11.8 Å². The molecule has 0 fully saturated rings. The first-order valence-electron chi connectivity index (χ1n) is 5.89. The number of nitrogens with one attached hydrogen (secondary N) is 1. The van der Waals surface area contributed by atoms with Crippen LogP contribution in [0.15, 0.2) is 33.6 Å². The van der Waals surface area contributed by atoms with Gasteiger partial charge >= 0.3 is 5.97 Å². The zero-order valence-corrected chi connectivity index (χ0v) is 13.0. The highest BCUT2D eigenvalue weighted by molar-refractivity contribution is 9.10. The second kappa shape index (κ2) is 8.56. The average molecular weight is 332 g/mol. The highest BCUT2D eigenvalue weighted by Gasteiger charge is 2.16. The molecule has 5 heteroatoms. The molecule has 3 nitrogen and oxygen atoms in total. The number of thioether (sulfide) groups is 1. The van der Waals surface area contributed by atoms with Crippen molar-refractivity contribution >= 4 is 33.7 Å². The summed E-state index contributed by atoms with van der Waals surface area (Å²) in [5, 5.41) is 2.99. The van der Waals surface area contributed by atoms with Crippen molar-refractivity contribution in [2.75, 3.05) is 19.4 Å². The van der Waals surface area contributed by atoms with Crippen LogP contribution in [0, 0.1) is 0 Å². The molecular formula is C13H18BrNO2S. The van der Waals surface area contributed by atoms with Crippen LogP contribution in [-0.4, -0.2) is 31.4 Å². The van der Waals surface area contributed by atoms with Crippen LogP contribution in [0.1, 0.15) is 13.3 Å². The molecule has 0 saturated heterocycles. The van der Waals surface area contributed by atoms with Crippen LogP contribution in [0.4, 0.5) is 0 Å². The van der Waals surface area contributed by atoms with Crippen molar-refractivity contribution in [1.29, 1.82) is 0 Å². The molecule has 18 heavy (non-hydrogen) atoms. The normalized spacial score (nSPS) is 12.2. The molecule has 0 spiro atoms. The van der Waals surface area contributed by atoms with Crippen LogP contribution in [0.3, 0.4) is 0 Å². The third-order valence-electron chi connectivity index (χ3n) is 2.41. The molecule has 0 heterocycles. The van der Waals surface area contributed by atoms with Crippen molar-refractivity contribution in [2.24, 2.45) is 0 Å². The fourth-order valence-corrected chi connectivity index (χ4v) is 2.63. The van der Waals surface area contributed by atoms with Crippen LogP contribution in [0.5, 0.6) is 0 Å². The number of ether oxygens (including phenoxy) is 1. The highest BCUT2D eigenvalue weighted by atomic mass is 79.9. The van der Waals surface area contributed by atoms with Gasteiger partial charge in [-0.05, 0) is 44.7 Å². The zero-order chi connectivity index (χ0) is 13.4. The fourth-order valence-electron chi connectivity index (χ4n) is 1.45. The van der Waals surface area contributed by atoms with Gasteiger partial charge in [0.15, 0.2) is 0 Å². The van der Waals surface area contributed by atoms with Gasteiger partial charge in [0.2, 0.25) is 0 Å². The quantitative estimate of drug-likeness (QED) is 0.615. The predicted molar refractivity (Wildman–Crippen MR) is 79.0 cm³/mol. The van der Waals surface area contributed by atoms with Gasteiger partial charge in [-0.1, -0.05) is 15.9 Å². The molecule has 0 saturated carbocycles. The number of carbonyl (C=O) groups excluding carboxylic acids is 1. The van der Waals surface area contributed by atoms with Gasteiger partial charge in [-0.2, -0.15) is 0 Å². The maximum Gasteiger partial charge on any atom is 0.323 e. The summed E-state index contributed by atoms with van der Waals surface area (Å²) in [7, 11) is 1.78. The summed E-state index contributed by atoms with van der Waals surface area (Å²) in [6.07, 6.45) is 0.760. The third kappa shape index (κ3) is 5.42. The molecule has 0 aliphatic rings. The molecule has 1 aromatic rings. The van der Waals surface area contributed by atoms with E-state index in [1.165, 1.54) is 4.90 Å². The van der Waals surface area contributed by atoms with Gasteiger partial charge in [0.05, 0.1) is 6.61 Å². The number of hydrogen-bond donors (Lipinski definition) is 1. The van der Waals surface area contributed by atoms with Gasteiger partial charge in [0.25, 0.3) is 0 Å². The molecule has 1 atom stereocenters. The van der Waals surface area contributed by atoms with Gasteiger partial charge in [-0.3, -0.25) is 4.79 Å². The standard InChI is InChI=1S/C13H18BrNO2S/c1-3-17-13(16)12(15-2)8-9-18-11-6-4-10(14)5-7-11/h4-7,12,15H,3,8-9H2,1-2H3. The number of benzene rings is 1. The first kappa shape index (κ1) is 15.5. The van der Waals surface area contributed by atoms with Crippen molar-refractivity contribution in [1.82, 2.24) is 5.32 Å². The van der Waals surface area contributed by atoms with E-state index in [9.17, 15) is 4.79 Å². The van der Waals surface area contributed by atoms with E-state index in [4.69, 9.17) is 4.74 Å². The third-order valence-corrected chi connectivity index (χ3v) is 3.98. The SMILES string of the molecule is CCOC(=O)C(CCSc1ccc(Br)cc1)NC. The van der Waals surface area contributed by atoms with E-state index in [1.807, 2.05) is 19.1 Å². The van der Waals surface area contributed by atoms with E-state index in [2.05, 4.69) is 33.4 Å². The van der Waals surface area contributed by atoms with Gasteiger partial charge in [0, 0.05) is 15.1 Å². The van der Waals surface area contributed by atoms with E-state index in [-0.39, 0.29) is 12.0 Å². The van der Waals surface area contributed by atoms with Crippen molar-refractivity contribution in [3.8, 4) is 0 Å². The lowest BCUT2D eigenvalue weighted by atomic mass is 10.2. The number of hydrogen-bond acceptors (Lipinski definition) is 4. The lowest BCUT2D eigenvalue weighted by molar-refractivity contribution is -0.145. The Morgan fingerprint density at radius 3 is 2.67 bits per heavy atom. The minimum Gasteiger partial charge on any atom is -0.465 e. The summed E-state index contributed by atoms with van der Waals surface area (Å²) in [5.41, 5.74) is 0. The summed E-state index contributed by atoms with van der Waals surface area (Å²) in [5.74, 6) is 0.711. The van der Waals surface area contributed by atoms with E-state index in [0.717, 1.165) is 16.6 Å². The first-order chi connectivity index (χ1) is 8.67. The van der Waals surface area contributed by atoms with E-state index < -0.39 is 0 Å². The lowest BCUT2D eigenvalue weighted by Crippen LogP contribution is -2.36. The van der Waals surface area contributed by atoms with E-state index in [1.54, 1.807) is 18.8 Å². The second-order valence-corrected chi connectivity index (χ2v) is 5.77. The van der Waals surface area contributed by atoms with Crippen LogP contribution in [-0.2, 0) is 9.53 Å². The number of carbonyl (C=O) groups is 1. The highest BCUT2D eigenvalue weighted by Crippen LogP contribution is 2.21. The van der Waals surface area contributed by atoms with Crippen LogP contribution in [0.25, 0.3) is 0 Å². The monoisotopic (exact) mass is 331 g/mol. The Kier molecular flexibility index (Phi) is 7.39. The summed E-state index contributed by atoms with van der Waals surface area (Å²) >= 11 is 5.14. The Hall–Kier alpha value is -0.520. The molecule has 1 aromatic carbocycles. The number of esters is 1. The summed E-state index contributed by atoms with van der Waals surface area (Å²) in [6, 6.07) is 7.95. The smallest absolute Gasteiger partial charge is 0.323 e. The number of halogens is 1. The summed E-state index contributed by atoms with van der Waals surface area (Å²) in [6.45, 7) is 2.25. The van der Waals surface area contributed by atoms with Gasteiger partial charge < -0.3 is 10.1 Å². The Labute approximate surface area is 121 Å².